The van der Waals surface area contributed by atoms with Crippen LogP contribution in [0.2, 0.25) is 0 Å². The van der Waals surface area contributed by atoms with Crippen LogP contribution >= 0.6 is 0 Å². The van der Waals surface area contributed by atoms with E-state index in [1.165, 1.54) is 13.2 Å². The van der Waals surface area contributed by atoms with Gasteiger partial charge in [0.2, 0.25) is 0 Å². The summed E-state index contributed by atoms with van der Waals surface area (Å²) in [6.45, 7) is 2.23. The molecule has 1 aromatic carbocycles. The Bertz CT molecular complexity index is 414. The van der Waals surface area contributed by atoms with Gasteiger partial charge in [0.15, 0.2) is 0 Å². The Labute approximate surface area is 106 Å². The molecule has 0 radical (unpaired) electrons. The maximum absolute atomic E-state index is 13.9. The minimum atomic E-state index is -0.460. The fourth-order valence-corrected chi connectivity index (χ4v) is 2.13. The first-order chi connectivity index (χ1) is 8.61. The molecule has 4 nitrogen and oxygen atoms in total. The zero-order valence-electron chi connectivity index (χ0n) is 10.7. The molecule has 2 N–H and O–H groups in total. The van der Waals surface area contributed by atoms with Crippen molar-refractivity contribution in [2.45, 2.75) is 12.1 Å². The minimum Gasteiger partial charge on any atom is -0.497 e. The molecule has 2 atom stereocenters. The van der Waals surface area contributed by atoms with E-state index in [0.717, 1.165) is 6.54 Å². The van der Waals surface area contributed by atoms with Crippen molar-refractivity contribution in [3.63, 3.8) is 0 Å². The summed E-state index contributed by atoms with van der Waals surface area (Å²) in [7, 11) is 3.51. The van der Waals surface area contributed by atoms with E-state index in [4.69, 9.17) is 15.2 Å². The van der Waals surface area contributed by atoms with Crippen molar-refractivity contribution in [3.05, 3.63) is 29.6 Å². The van der Waals surface area contributed by atoms with Crippen molar-refractivity contribution < 1.29 is 13.9 Å². The average Bonchev–Trinajstić information content (AvgIpc) is 2.37. The second-order valence-corrected chi connectivity index (χ2v) is 4.58. The number of benzene rings is 1. The molecule has 0 aromatic heterocycles. The van der Waals surface area contributed by atoms with Crippen molar-refractivity contribution in [3.8, 4) is 5.75 Å². The van der Waals surface area contributed by atoms with E-state index in [2.05, 4.69) is 4.90 Å². The number of nitrogens with zero attached hydrogens (tertiary/aromatic N) is 1. The summed E-state index contributed by atoms with van der Waals surface area (Å²) in [5.74, 6) is 0.142. The third kappa shape index (κ3) is 2.80. The van der Waals surface area contributed by atoms with Crippen LogP contribution < -0.4 is 10.5 Å². The van der Waals surface area contributed by atoms with E-state index in [9.17, 15) is 4.39 Å². The van der Waals surface area contributed by atoms with E-state index in [1.54, 1.807) is 12.1 Å². The van der Waals surface area contributed by atoms with Crippen LogP contribution in [0.5, 0.6) is 5.75 Å². The first kappa shape index (κ1) is 13.3. The van der Waals surface area contributed by atoms with Crippen LogP contribution in [-0.2, 0) is 4.74 Å². The van der Waals surface area contributed by atoms with Gasteiger partial charge in [-0.1, -0.05) is 6.07 Å². The fraction of sp³-hybridized carbons (Fsp3) is 0.538. The number of morpholine rings is 1. The number of likely N-dealkylation sites (N-methyl/N-ethyl adjacent to an activating group) is 1. The number of rotatable bonds is 3. The van der Waals surface area contributed by atoms with Crippen LogP contribution in [0.25, 0.3) is 0 Å². The molecule has 0 amide bonds. The van der Waals surface area contributed by atoms with Gasteiger partial charge in [0.25, 0.3) is 0 Å². The molecule has 0 spiro atoms. The largest absolute Gasteiger partial charge is 0.497 e. The Morgan fingerprint density at radius 3 is 2.94 bits per heavy atom. The standard InChI is InChI=1S/C13H19FN2O2/c1-16-5-6-18-12(8-16)13(15)10-4-3-9(17-2)7-11(10)14/h3-4,7,12-13H,5-6,8,15H2,1-2H3. The van der Waals surface area contributed by atoms with Gasteiger partial charge in [0, 0.05) is 24.7 Å². The second kappa shape index (κ2) is 5.65. The number of ether oxygens (including phenoxy) is 2. The molecule has 2 rings (SSSR count). The Kier molecular flexibility index (Phi) is 4.16. The van der Waals surface area contributed by atoms with Gasteiger partial charge in [-0.25, -0.2) is 4.39 Å². The monoisotopic (exact) mass is 254 g/mol. The molecule has 18 heavy (non-hydrogen) atoms. The lowest BCUT2D eigenvalue weighted by atomic mass is 10.0. The molecule has 1 fully saturated rings. The number of nitrogens with two attached hydrogens (primary N) is 1. The number of halogens is 1. The average molecular weight is 254 g/mol. The van der Waals surface area contributed by atoms with E-state index in [0.29, 0.717) is 24.5 Å². The van der Waals surface area contributed by atoms with Crippen LogP contribution in [0.3, 0.4) is 0 Å². The first-order valence-electron chi connectivity index (χ1n) is 6.01. The zero-order valence-corrected chi connectivity index (χ0v) is 10.7. The molecule has 2 unspecified atom stereocenters. The molecule has 1 aliphatic rings. The lowest BCUT2D eigenvalue weighted by Gasteiger charge is -2.33. The molecule has 1 saturated heterocycles. The summed E-state index contributed by atoms with van der Waals surface area (Å²) in [6.07, 6.45) is -0.174. The Hall–Kier alpha value is -1.17. The lowest BCUT2D eigenvalue weighted by Crippen LogP contribution is -2.45. The smallest absolute Gasteiger partial charge is 0.131 e. The molecule has 1 aromatic rings. The zero-order chi connectivity index (χ0) is 13.1. The number of hydrogen-bond donors (Lipinski definition) is 1. The van der Waals surface area contributed by atoms with Gasteiger partial charge in [-0.3, -0.25) is 0 Å². The van der Waals surface area contributed by atoms with Crippen LogP contribution in [0.4, 0.5) is 4.39 Å². The summed E-state index contributed by atoms with van der Waals surface area (Å²) in [6, 6.07) is 4.27. The first-order valence-corrected chi connectivity index (χ1v) is 6.01. The molecule has 0 bridgehead atoms. The topological polar surface area (TPSA) is 47.7 Å². The Balaban J connectivity index is 2.15. The highest BCUT2D eigenvalue weighted by Gasteiger charge is 2.27. The number of methoxy groups -OCH3 is 1. The molecule has 5 heteroatoms. The Morgan fingerprint density at radius 2 is 2.33 bits per heavy atom. The molecule has 1 heterocycles. The van der Waals surface area contributed by atoms with Gasteiger partial charge >= 0.3 is 0 Å². The van der Waals surface area contributed by atoms with Gasteiger partial charge in [0.05, 0.1) is 25.9 Å². The van der Waals surface area contributed by atoms with Gasteiger partial charge in [-0.05, 0) is 13.1 Å². The molecular formula is C13H19FN2O2. The van der Waals surface area contributed by atoms with Gasteiger partial charge in [0.1, 0.15) is 11.6 Å². The normalized spacial score (nSPS) is 22.8. The van der Waals surface area contributed by atoms with Crippen molar-refractivity contribution in [1.82, 2.24) is 4.90 Å². The fourth-order valence-electron chi connectivity index (χ4n) is 2.13. The van der Waals surface area contributed by atoms with E-state index in [-0.39, 0.29) is 11.9 Å². The maximum atomic E-state index is 13.9. The predicted molar refractivity (Wildman–Crippen MR) is 67.1 cm³/mol. The molecule has 1 aliphatic heterocycles. The highest BCUT2D eigenvalue weighted by molar-refractivity contribution is 5.31. The summed E-state index contributed by atoms with van der Waals surface area (Å²) in [4.78, 5) is 2.13. The summed E-state index contributed by atoms with van der Waals surface area (Å²) in [5.41, 5.74) is 6.56. The second-order valence-electron chi connectivity index (χ2n) is 4.58. The summed E-state index contributed by atoms with van der Waals surface area (Å²) < 4.78 is 24.5. The lowest BCUT2D eigenvalue weighted by molar-refractivity contribution is -0.0331. The van der Waals surface area contributed by atoms with E-state index in [1.807, 2.05) is 7.05 Å². The van der Waals surface area contributed by atoms with Crippen molar-refractivity contribution >= 4 is 0 Å². The molecule has 0 saturated carbocycles. The third-order valence-electron chi connectivity index (χ3n) is 3.26. The van der Waals surface area contributed by atoms with Crippen molar-refractivity contribution in [1.29, 1.82) is 0 Å². The SMILES string of the molecule is COc1ccc(C(N)C2CN(C)CCO2)c(F)c1. The van der Waals surface area contributed by atoms with Crippen LogP contribution in [0.15, 0.2) is 18.2 Å². The third-order valence-corrected chi connectivity index (χ3v) is 3.26. The highest BCUT2D eigenvalue weighted by Crippen LogP contribution is 2.25. The van der Waals surface area contributed by atoms with Crippen LogP contribution in [0.1, 0.15) is 11.6 Å². The molecular weight excluding hydrogens is 235 g/mol. The predicted octanol–water partition coefficient (Wildman–Crippen LogP) is 1.16. The van der Waals surface area contributed by atoms with Crippen molar-refractivity contribution in [2.24, 2.45) is 5.73 Å². The quantitative estimate of drug-likeness (QED) is 0.879. The summed E-state index contributed by atoms with van der Waals surface area (Å²) in [5, 5.41) is 0. The van der Waals surface area contributed by atoms with E-state index >= 15 is 0 Å². The maximum Gasteiger partial charge on any atom is 0.131 e. The Morgan fingerprint density at radius 1 is 1.56 bits per heavy atom. The number of hydrogen-bond acceptors (Lipinski definition) is 4. The van der Waals surface area contributed by atoms with Gasteiger partial charge < -0.3 is 20.1 Å². The summed E-state index contributed by atoms with van der Waals surface area (Å²) >= 11 is 0. The minimum absolute atomic E-state index is 0.174. The van der Waals surface area contributed by atoms with E-state index < -0.39 is 6.04 Å². The van der Waals surface area contributed by atoms with Gasteiger partial charge in [-0.15, -0.1) is 0 Å². The highest BCUT2D eigenvalue weighted by atomic mass is 19.1. The van der Waals surface area contributed by atoms with Crippen LogP contribution in [-0.4, -0.2) is 44.9 Å². The van der Waals surface area contributed by atoms with Crippen LogP contribution in [0, 0.1) is 5.82 Å². The molecule has 100 valence electrons. The van der Waals surface area contributed by atoms with Gasteiger partial charge in [-0.2, -0.15) is 0 Å². The molecule has 0 aliphatic carbocycles. The van der Waals surface area contributed by atoms with Crippen molar-refractivity contribution in [2.75, 3.05) is 33.9 Å².